The minimum atomic E-state index is -0.705. The zero-order chi connectivity index (χ0) is 12.9. The van der Waals surface area contributed by atoms with Crippen LogP contribution in [-0.2, 0) is 9.53 Å². The second kappa shape index (κ2) is 7.97. The van der Waals surface area contributed by atoms with Gasteiger partial charge in [-0.25, -0.2) is 0 Å². The second-order valence-electron chi connectivity index (χ2n) is 5.38. The van der Waals surface area contributed by atoms with Crippen LogP contribution in [0.1, 0.15) is 39.5 Å². The number of amides is 1. The number of halogens is 1. The maximum atomic E-state index is 12.3. The van der Waals surface area contributed by atoms with Gasteiger partial charge in [0.1, 0.15) is 0 Å². The third kappa shape index (κ3) is 4.75. The third-order valence-corrected chi connectivity index (χ3v) is 3.47. The first-order valence-electron chi connectivity index (χ1n) is 6.58. The summed E-state index contributed by atoms with van der Waals surface area (Å²) >= 11 is 0. The van der Waals surface area contributed by atoms with Crippen molar-refractivity contribution in [3.63, 3.8) is 0 Å². The molecule has 1 fully saturated rings. The Bertz CT molecular complexity index is 257. The first-order valence-corrected chi connectivity index (χ1v) is 6.58. The number of likely N-dealkylation sites (tertiary alicyclic amines) is 1. The van der Waals surface area contributed by atoms with Gasteiger partial charge in [0.15, 0.2) is 0 Å². The van der Waals surface area contributed by atoms with Gasteiger partial charge in [-0.15, -0.1) is 12.4 Å². The van der Waals surface area contributed by atoms with Crippen LogP contribution in [0.3, 0.4) is 0 Å². The molecular formula is C13H27ClN2O2. The molecule has 1 saturated heterocycles. The van der Waals surface area contributed by atoms with Crippen molar-refractivity contribution in [1.82, 2.24) is 4.90 Å². The van der Waals surface area contributed by atoms with Crippen LogP contribution in [0.2, 0.25) is 0 Å². The molecule has 1 heterocycles. The van der Waals surface area contributed by atoms with Crippen LogP contribution >= 0.6 is 12.4 Å². The van der Waals surface area contributed by atoms with Crippen molar-refractivity contribution >= 4 is 18.3 Å². The van der Waals surface area contributed by atoms with Crippen LogP contribution < -0.4 is 5.73 Å². The predicted octanol–water partition coefficient (Wildman–Crippen LogP) is 1.81. The molecule has 0 saturated carbocycles. The third-order valence-electron chi connectivity index (χ3n) is 3.47. The van der Waals surface area contributed by atoms with Crippen LogP contribution in [0.5, 0.6) is 0 Å². The van der Waals surface area contributed by atoms with Gasteiger partial charge in [0.05, 0.1) is 12.1 Å². The van der Waals surface area contributed by atoms with Gasteiger partial charge in [-0.05, 0) is 32.1 Å². The molecular weight excluding hydrogens is 252 g/mol. The fraction of sp³-hybridized carbons (Fsp3) is 0.923. The number of nitrogens with two attached hydrogens (primary N) is 1. The molecule has 0 spiro atoms. The highest BCUT2D eigenvalue weighted by atomic mass is 35.5. The Balaban J connectivity index is 0.00000289. The molecule has 1 aliphatic heterocycles. The van der Waals surface area contributed by atoms with Crippen LogP contribution in [0.15, 0.2) is 0 Å². The number of rotatable bonds is 5. The summed E-state index contributed by atoms with van der Waals surface area (Å²) < 4.78 is 5.17. The van der Waals surface area contributed by atoms with E-state index in [9.17, 15) is 4.79 Å². The lowest BCUT2D eigenvalue weighted by molar-refractivity contribution is -0.139. The van der Waals surface area contributed by atoms with Crippen molar-refractivity contribution in [3.05, 3.63) is 0 Å². The normalized spacial score (nSPS) is 23.1. The zero-order valence-corrected chi connectivity index (χ0v) is 12.6. The molecule has 18 heavy (non-hydrogen) atoms. The van der Waals surface area contributed by atoms with Gasteiger partial charge < -0.3 is 15.4 Å². The van der Waals surface area contributed by atoms with E-state index in [1.54, 1.807) is 7.11 Å². The quantitative estimate of drug-likeness (QED) is 0.834. The number of carbonyl (C=O) groups excluding carboxylic acids is 1. The van der Waals surface area contributed by atoms with Gasteiger partial charge in [0.2, 0.25) is 5.91 Å². The summed E-state index contributed by atoms with van der Waals surface area (Å²) in [6.07, 6.45) is 3.89. The van der Waals surface area contributed by atoms with E-state index in [0.29, 0.717) is 5.92 Å². The number of methoxy groups -OCH3 is 1. The fourth-order valence-corrected chi connectivity index (χ4v) is 2.61. The van der Waals surface area contributed by atoms with E-state index in [4.69, 9.17) is 10.5 Å². The van der Waals surface area contributed by atoms with E-state index in [2.05, 4.69) is 6.92 Å². The standard InChI is InChI=1S/C13H26N2O2.ClH/c1-4-7-13(2,14)12(16)15-8-5-6-11(9-15)10-17-3;/h11H,4-10,14H2,1-3H3;1H. The highest BCUT2D eigenvalue weighted by molar-refractivity contribution is 5.86. The Hall–Kier alpha value is -0.320. The monoisotopic (exact) mass is 278 g/mol. The van der Waals surface area contributed by atoms with Crippen LogP contribution in [0, 0.1) is 5.92 Å². The molecule has 0 aromatic carbocycles. The second-order valence-corrected chi connectivity index (χ2v) is 5.38. The van der Waals surface area contributed by atoms with E-state index in [1.165, 1.54) is 0 Å². The lowest BCUT2D eigenvalue weighted by Gasteiger charge is -2.37. The van der Waals surface area contributed by atoms with Crippen molar-refractivity contribution in [3.8, 4) is 0 Å². The summed E-state index contributed by atoms with van der Waals surface area (Å²) in [5, 5.41) is 0. The number of ether oxygens (including phenoxy) is 1. The van der Waals surface area contributed by atoms with Crippen molar-refractivity contribution in [2.75, 3.05) is 26.8 Å². The molecule has 1 amide bonds. The lowest BCUT2D eigenvalue weighted by atomic mass is 9.92. The summed E-state index contributed by atoms with van der Waals surface area (Å²) in [5.41, 5.74) is 5.39. The van der Waals surface area contributed by atoms with Gasteiger partial charge in [0.25, 0.3) is 0 Å². The van der Waals surface area contributed by atoms with Crippen LogP contribution in [-0.4, -0.2) is 43.2 Å². The minimum Gasteiger partial charge on any atom is -0.384 e. The number of hydrogen-bond acceptors (Lipinski definition) is 3. The van der Waals surface area contributed by atoms with E-state index >= 15 is 0 Å². The molecule has 5 heteroatoms. The SMILES string of the molecule is CCCC(C)(N)C(=O)N1CCCC(COC)C1.Cl. The van der Waals surface area contributed by atoms with E-state index in [1.807, 2.05) is 11.8 Å². The van der Waals surface area contributed by atoms with Crippen molar-refractivity contribution in [2.45, 2.75) is 45.1 Å². The van der Waals surface area contributed by atoms with Gasteiger partial charge >= 0.3 is 0 Å². The Morgan fingerprint density at radius 3 is 2.78 bits per heavy atom. The van der Waals surface area contributed by atoms with Crippen molar-refractivity contribution in [1.29, 1.82) is 0 Å². The highest BCUT2D eigenvalue weighted by Crippen LogP contribution is 2.21. The highest BCUT2D eigenvalue weighted by Gasteiger charge is 2.34. The number of hydrogen-bond donors (Lipinski definition) is 1. The number of piperidine rings is 1. The molecule has 108 valence electrons. The zero-order valence-electron chi connectivity index (χ0n) is 11.8. The minimum absolute atomic E-state index is 0. The maximum absolute atomic E-state index is 12.3. The molecule has 2 atom stereocenters. The van der Waals surface area contributed by atoms with Gasteiger partial charge in [0, 0.05) is 20.2 Å². The molecule has 1 aliphatic rings. The summed E-state index contributed by atoms with van der Waals surface area (Å²) in [7, 11) is 1.71. The molecule has 2 N–H and O–H groups in total. The van der Waals surface area contributed by atoms with Crippen molar-refractivity contribution in [2.24, 2.45) is 11.7 Å². The first-order chi connectivity index (χ1) is 8.01. The van der Waals surface area contributed by atoms with Gasteiger partial charge in [-0.1, -0.05) is 13.3 Å². The van der Waals surface area contributed by atoms with E-state index in [-0.39, 0.29) is 18.3 Å². The molecule has 1 rings (SSSR count). The van der Waals surface area contributed by atoms with E-state index < -0.39 is 5.54 Å². The van der Waals surface area contributed by atoms with Crippen LogP contribution in [0.4, 0.5) is 0 Å². The number of nitrogens with zero attached hydrogens (tertiary/aromatic N) is 1. The fourth-order valence-electron chi connectivity index (χ4n) is 2.61. The van der Waals surface area contributed by atoms with Crippen LogP contribution in [0.25, 0.3) is 0 Å². The molecule has 0 aliphatic carbocycles. The molecule has 0 radical (unpaired) electrons. The van der Waals surface area contributed by atoms with E-state index in [0.717, 1.165) is 45.4 Å². The Kier molecular flexibility index (Phi) is 7.83. The van der Waals surface area contributed by atoms with Crippen molar-refractivity contribution < 1.29 is 9.53 Å². The number of carbonyl (C=O) groups is 1. The maximum Gasteiger partial charge on any atom is 0.242 e. The predicted molar refractivity (Wildman–Crippen MR) is 75.9 cm³/mol. The Labute approximate surface area is 117 Å². The average Bonchev–Trinajstić information content (AvgIpc) is 2.29. The Morgan fingerprint density at radius 1 is 1.56 bits per heavy atom. The molecule has 2 unspecified atom stereocenters. The molecule has 0 aromatic heterocycles. The summed E-state index contributed by atoms with van der Waals surface area (Å²) in [6.45, 7) is 6.28. The van der Waals surface area contributed by atoms with Gasteiger partial charge in [-0.2, -0.15) is 0 Å². The average molecular weight is 279 g/mol. The molecule has 0 aromatic rings. The first kappa shape index (κ1) is 17.7. The smallest absolute Gasteiger partial charge is 0.242 e. The summed E-state index contributed by atoms with van der Waals surface area (Å²) in [5.74, 6) is 0.565. The Morgan fingerprint density at radius 2 is 2.22 bits per heavy atom. The topological polar surface area (TPSA) is 55.6 Å². The van der Waals surface area contributed by atoms with Gasteiger partial charge in [-0.3, -0.25) is 4.79 Å². The molecule has 4 nitrogen and oxygen atoms in total. The summed E-state index contributed by atoms with van der Waals surface area (Å²) in [4.78, 5) is 14.2. The largest absolute Gasteiger partial charge is 0.384 e. The lowest BCUT2D eigenvalue weighted by Crippen LogP contribution is -2.55. The summed E-state index contributed by atoms with van der Waals surface area (Å²) in [6, 6.07) is 0. The molecule has 0 bridgehead atoms.